The summed E-state index contributed by atoms with van der Waals surface area (Å²) in [6, 6.07) is 9.45. The lowest BCUT2D eigenvalue weighted by atomic mass is 10.1. The van der Waals surface area contributed by atoms with Crippen molar-refractivity contribution >= 4 is 11.7 Å². The van der Waals surface area contributed by atoms with E-state index in [1.807, 2.05) is 33.0 Å². The molecule has 2 aromatic heterocycles. The summed E-state index contributed by atoms with van der Waals surface area (Å²) < 4.78 is 7.02. The fourth-order valence-corrected chi connectivity index (χ4v) is 2.91. The molecule has 0 fully saturated rings. The smallest absolute Gasteiger partial charge is 0.257 e. The zero-order chi connectivity index (χ0) is 21.0. The minimum Gasteiger partial charge on any atom is -0.366 e. The molecule has 150 valence electrons. The normalized spacial score (nSPS) is 10.8. The first-order valence-corrected chi connectivity index (χ1v) is 9.40. The van der Waals surface area contributed by atoms with E-state index in [-0.39, 0.29) is 5.91 Å². The highest BCUT2D eigenvalue weighted by Gasteiger charge is 2.25. The van der Waals surface area contributed by atoms with E-state index in [9.17, 15) is 4.79 Å². The number of anilines is 1. The number of carbonyl (C=O) groups is 1. The number of aryl methyl sites for hydroxylation is 2. The Morgan fingerprint density at radius 2 is 2.03 bits per heavy atom. The summed E-state index contributed by atoms with van der Waals surface area (Å²) in [5.41, 5.74) is 3.19. The summed E-state index contributed by atoms with van der Waals surface area (Å²) in [5.74, 6) is 1.31. The van der Waals surface area contributed by atoms with Gasteiger partial charge in [-0.25, -0.2) is 0 Å². The van der Waals surface area contributed by atoms with Gasteiger partial charge in [-0.15, -0.1) is 0 Å². The molecule has 0 saturated heterocycles. The number of hydrogen-bond acceptors (Lipinski definition) is 6. The first-order valence-electron chi connectivity index (χ1n) is 9.40. The van der Waals surface area contributed by atoms with E-state index in [1.54, 1.807) is 29.9 Å². The van der Waals surface area contributed by atoms with Crippen LogP contribution < -0.4 is 10.6 Å². The van der Waals surface area contributed by atoms with Crippen molar-refractivity contribution < 1.29 is 9.32 Å². The van der Waals surface area contributed by atoms with Crippen LogP contribution in [0.2, 0.25) is 0 Å². The molecule has 2 N–H and O–H groups in total. The molecule has 0 saturated carbocycles. The van der Waals surface area contributed by atoms with Crippen LogP contribution in [0.4, 0.5) is 5.82 Å². The number of amides is 1. The molecule has 0 unspecified atom stereocenters. The van der Waals surface area contributed by atoms with Gasteiger partial charge in [0.2, 0.25) is 0 Å². The molecule has 0 radical (unpaired) electrons. The zero-order valence-electron chi connectivity index (χ0n) is 17.0. The second-order valence-electron chi connectivity index (χ2n) is 7.26. The molecule has 1 amide bonds. The molecule has 0 atom stereocenters. The second-order valence-corrected chi connectivity index (χ2v) is 7.26. The third kappa shape index (κ3) is 4.46. The quantitative estimate of drug-likeness (QED) is 0.639. The molecule has 3 rings (SSSR count). The Labute approximate surface area is 169 Å². The van der Waals surface area contributed by atoms with Gasteiger partial charge in [0.15, 0.2) is 0 Å². The number of hydrogen-bond donors (Lipinski definition) is 2. The van der Waals surface area contributed by atoms with Gasteiger partial charge in [-0.05, 0) is 30.5 Å². The minimum atomic E-state index is -0.214. The van der Waals surface area contributed by atoms with Gasteiger partial charge in [-0.2, -0.15) is 10.4 Å². The van der Waals surface area contributed by atoms with Crippen LogP contribution in [0.1, 0.15) is 41.1 Å². The molecule has 29 heavy (non-hydrogen) atoms. The highest BCUT2D eigenvalue weighted by molar-refractivity contribution is 6.01. The molecule has 1 aromatic carbocycles. The Morgan fingerprint density at radius 1 is 1.31 bits per heavy atom. The maximum absolute atomic E-state index is 12.7. The van der Waals surface area contributed by atoms with Crippen molar-refractivity contribution in [1.82, 2.24) is 20.3 Å². The van der Waals surface area contributed by atoms with E-state index in [4.69, 9.17) is 9.78 Å². The van der Waals surface area contributed by atoms with Crippen LogP contribution in [0.5, 0.6) is 0 Å². The standard InChI is InChI=1S/C21H24N6O2/c1-13(2)10-24-21(28)18-14(3)29-26-19(18)17-12-25-27(4)20(17)23-11-16-7-5-15(9-22)6-8-16/h5-8,12-13,23H,10-11H2,1-4H3,(H,24,28). The highest BCUT2D eigenvalue weighted by Crippen LogP contribution is 2.31. The van der Waals surface area contributed by atoms with E-state index < -0.39 is 0 Å². The first kappa shape index (κ1) is 20.1. The fraction of sp³-hybridized carbons (Fsp3) is 0.333. The van der Waals surface area contributed by atoms with Crippen molar-refractivity contribution in [3.05, 3.63) is 52.9 Å². The number of nitriles is 1. The van der Waals surface area contributed by atoms with E-state index in [0.29, 0.717) is 47.2 Å². The van der Waals surface area contributed by atoms with Gasteiger partial charge in [0.25, 0.3) is 5.91 Å². The largest absolute Gasteiger partial charge is 0.366 e. The number of benzene rings is 1. The van der Waals surface area contributed by atoms with Gasteiger partial charge < -0.3 is 15.2 Å². The van der Waals surface area contributed by atoms with Crippen molar-refractivity contribution in [2.45, 2.75) is 27.3 Å². The van der Waals surface area contributed by atoms with Gasteiger partial charge in [0, 0.05) is 20.1 Å². The maximum Gasteiger partial charge on any atom is 0.257 e. The third-order valence-corrected chi connectivity index (χ3v) is 4.50. The number of nitrogens with one attached hydrogen (secondary N) is 2. The van der Waals surface area contributed by atoms with Crippen LogP contribution in [-0.4, -0.2) is 27.4 Å². The number of nitrogens with zero attached hydrogens (tertiary/aromatic N) is 4. The molecular formula is C21H24N6O2. The maximum atomic E-state index is 12.7. The van der Waals surface area contributed by atoms with Crippen molar-refractivity contribution in [2.75, 3.05) is 11.9 Å². The van der Waals surface area contributed by atoms with Crippen LogP contribution in [0.15, 0.2) is 35.0 Å². The lowest BCUT2D eigenvalue weighted by Gasteiger charge is -2.10. The fourth-order valence-electron chi connectivity index (χ4n) is 2.91. The summed E-state index contributed by atoms with van der Waals surface area (Å²) in [6.07, 6.45) is 1.66. The van der Waals surface area contributed by atoms with Gasteiger partial charge >= 0.3 is 0 Å². The van der Waals surface area contributed by atoms with Crippen LogP contribution in [-0.2, 0) is 13.6 Å². The molecule has 3 aromatic rings. The van der Waals surface area contributed by atoms with E-state index in [2.05, 4.69) is 27.0 Å². The van der Waals surface area contributed by atoms with Crippen molar-refractivity contribution in [3.63, 3.8) is 0 Å². The monoisotopic (exact) mass is 392 g/mol. The Balaban J connectivity index is 1.86. The van der Waals surface area contributed by atoms with Crippen LogP contribution in [0.25, 0.3) is 11.3 Å². The van der Waals surface area contributed by atoms with E-state index in [0.717, 1.165) is 11.4 Å². The molecular weight excluding hydrogens is 368 g/mol. The summed E-state index contributed by atoms with van der Waals surface area (Å²) in [4.78, 5) is 12.7. The molecule has 2 heterocycles. The molecule has 8 heteroatoms. The number of carbonyl (C=O) groups excluding carboxylic acids is 1. The summed E-state index contributed by atoms with van der Waals surface area (Å²) in [5, 5.41) is 23.6. The van der Waals surface area contributed by atoms with Gasteiger partial charge in [0.1, 0.15) is 22.8 Å². The van der Waals surface area contributed by atoms with Gasteiger partial charge in [0.05, 0.1) is 23.4 Å². The predicted octanol–water partition coefficient (Wildman–Crippen LogP) is 3.25. The van der Waals surface area contributed by atoms with Crippen molar-refractivity contribution in [3.8, 4) is 17.3 Å². The van der Waals surface area contributed by atoms with Gasteiger partial charge in [-0.3, -0.25) is 9.48 Å². The second kappa shape index (κ2) is 8.61. The number of aromatic nitrogens is 3. The Kier molecular flexibility index (Phi) is 5.98. The molecule has 0 spiro atoms. The average molecular weight is 392 g/mol. The molecule has 8 nitrogen and oxygen atoms in total. The molecule has 0 aliphatic carbocycles. The molecule has 0 bridgehead atoms. The Bertz CT molecular complexity index is 1040. The minimum absolute atomic E-state index is 0.214. The molecule has 0 aliphatic heterocycles. The topological polar surface area (TPSA) is 109 Å². The summed E-state index contributed by atoms with van der Waals surface area (Å²) >= 11 is 0. The average Bonchev–Trinajstić information content (AvgIpc) is 3.27. The van der Waals surface area contributed by atoms with Crippen LogP contribution in [0, 0.1) is 24.2 Å². The van der Waals surface area contributed by atoms with E-state index >= 15 is 0 Å². The van der Waals surface area contributed by atoms with Crippen LogP contribution in [0.3, 0.4) is 0 Å². The summed E-state index contributed by atoms with van der Waals surface area (Å²) in [7, 11) is 1.82. The number of rotatable bonds is 7. The Hall–Kier alpha value is -3.60. The third-order valence-electron chi connectivity index (χ3n) is 4.50. The van der Waals surface area contributed by atoms with Crippen molar-refractivity contribution in [2.24, 2.45) is 13.0 Å². The lowest BCUT2D eigenvalue weighted by Crippen LogP contribution is -2.28. The van der Waals surface area contributed by atoms with Gasteiger partial charge in [-0.1, -0.05) is 31.1 Å². The SMILES string of the molecule is Cc1onc(-c2cnn(C)c2NCc2ccc(C#N)cc2)c1C(=O)NCC(C)C. The van der Waals surface area contributed by atoms with E-state index in [1.165, 1.54) is 0 Å². The lowest BCUT2D eigenvalue weighted by molar-refractivity contribution is 0.0948. The molecule has 0 aliphatic rings. The van der Waals surface area contributed by atoms with Crippen LogP contribution >= 0.6 is 0 Å². The zero-order valence-corrected chi connectivity index (χ0v) is 17.0. The highest BCUT2D eigenvalue weighted by atomic mass is 16.5. The van der Waals surface area contributed by atoms with Crippen molar-refractivity contribution in [1.29, 1.82) is 5.26 Å². The first-order chi connectivity index (χ1) is 13.9. The Morgan fingerprint density at radius 3 is 2.69 bits per heavy atom. The predicted molar refractivity (Wildman–Crippen MR) is 109 cm³/mol. The summed E-state index contributed by atoms with van der Waals surface area (Å²) in [6.45, 7) is 6.90.